The number of carbonyl (C=O) groups is 2. The molecular weight excluding hydrogens is 392 g/mol. The van der Waals surface area contributed by atoms with Crippen molar-refractivity contribution in [3.63, 3.8) is 0 Å². The van der Waals surface area contributed by atoms with Crippen LogP contribution in [0.3, 0.4) is 0 Å². The number of hydrogen-bond donors (Lipinski definition) is 1. The summed E-state index contributed by atoms with van der Waals surface area (Å²) >= 11 is 5.85. The summed E-state index contributed by atoms with van der Waals surface area (Å²) in [5, 5.41) is 3.62. The Bertz CT molecular complexity index is 816. The van der Waals surface area contributed by atoms with Gasteiger partial charge < -0.3 is 19.7 Å². The van der Waals surface area contributed by atoms with Gasteiger partial charge in [-0.2, -0.15) is 0 Å². The van der Waals surface area contributed by atoms with E-state index in [0.29, 0.717) is 48.9 Å². The molecule has 2 aromatic carbocycles. The van der Waals surface area contributed by atoms with Crippen molar-refractivity contribution in [2.24, 2.45) is 0 Å². The second-order valence-corrected chi connectivity index (χ2v) is 7.26. The number of benzene rings is 2. The van der Waals surface area contributed by atoms with E-state index in [-0.39, 0.29) is 24.5 Å². The van der Waals surface area contributed by atoms with Crippen LogP contribution in [0.15, 0.2) is 48.5 Å². The number of piperidine rings is 1. The van der Waals surface area contributed by atoms with Gasteiger partial charge in [0.05, 0.1) is 6.61 Å². The third-order valence-corrected chi connectivity index (χ3v) is 5.04. The van der Waals surface area contributed by atoms with Crippen LogP contribution in [0.25, 0.3) is 0 Å². The Morgan fingerprint density at radius 1 is 1.00 bits per heavy atom. The Kier molecular flexibility index (Phi) is 7.36. The number of likely N-dealkylation sites (tertiary alicyclic amines) is 1. The minimum Gasteiger partial charge on any atom is -0.494 e. The molecule has 0 radical (unpaired) electrons. The molecule has 1 aliphatic heterocycles. The minimum atomic E-state index is -0.120. The Morgan fingerprint density at radius 3 is 2.17 bits per heavy atom. The SMILES string of the molecule is CCOc1ccc(OCC(=O)N2CCC(NC(=O)c3ccc(Cl)cc3)CC2)cc1. The van der Waals surface area contributed by atoms with Gasteiger partial charge in [-0.3, -0.25) is 9.59 Å². The second-order valence-electron chi connectivity index (χ2n) is 6.83. The molecule has 2 aromatic rings. The predicted octanol–water partition coefficient (Wildman–Crippen LogP) is 3.54. The van der Waals surface area contributed by atoms with Crippen molar-refractivity contribution in [2.75, 3.05) is 26.3 Å². The van der Waals surface area contributed by atoms with Crippen molar-refractivity contribution in [1.29, 1.82) is 0 Å². The average molecular weight is 417 g/mol. The molecule has 1 saturated heterocycles. The molecule has 0 saturated carbocycles. The number of hydrogen-bond acceptors (Lipinski definition) is 4. The van der Waals surface area contributed by atoms with Crippen LogP contribution in [-0.4, -0.2) is 49.1 Å². The lowest BCUT2D eigenvalue weighted by Crippen LogP contribution is -2.47. The smallest absolute Gasteiger partial charge is 0.260 e. The first-order valence-corrected chi connectivity index (χ1v) is 10.1. The zero-order chi connectivity index (χ0) is 20.6. The Hall–Kier alpha value is -2.73. The summed E-state index contributed by atoms with van der Waals surface area (Å²) in [6, 6.07) is 14.1. The molecule has 0 aromatic heterocycles. The maximum absolute atomic E-state index is 12.4. The van der Waals surface area contributed by atoms with E-state index in [9.17, 15) is 9.59 Å². The molecule has 1 fully saturated rings. The minimum absolute atomic E-state index is 0.00418. The first-order chi connectivity index (χ1) is 14.0. The number of carbonyl (C=O) groups excluding carboxylic acids is 2. The lowest BCUT2D eigenvalue weighted by Gasteiger charge is -2.32. The first-order valence-electron chi connectivity index (χ1n) is 9.75. The third kappa shape index (κ3) is 6.12. The van der Waals surface area contributed by atoms with E-state index in [2.05, 4.69) is 5.32 Å². The molecule has 1 heterocycles. The normalized spacial score (nSPS) is 14.3. The average Bonchev–Trinajstić information content (AvgIpc) is 2.74. The summed E-state index contributed by atoms with van der Waals surface area (Å²) in [6.07, 6.45) is 1.43. The summed E-state index contributed by atoms with van der Waals surface area (Å²) < 4.78 is 11.0. The molecule has 7 heteroatoms. The van der Waals surface area contributed by atoms with E-state index >= 15 is 0 Å². The lowest BCUT2D eigenvalue weighted by molar-refractivity contribution is -0.134. The van der Waals surface area contributed by atoms with Crippen LogP contribution in [0.5, 0.6) is 11.5 Å². The van der Waals surface area contributed by atoms with Gasteiger partial charge >= 0.3 is 0 Å². The Morgan fingerprint density at radius 2 is 1.59 bits per heavy atom. The summed E-state index contributed by atoms with van der Waals surface area (Å²) in [5.41, 5.74) is 0.580. The van der Waals surface area contributed by atoms with Gasteiger partial charge in [0, 0.05) is 29.7 Å². The summed E-state index contributed by atoms with van der Waals surface area (Å²) in [6.45, 7) is 3.72. The number of nitrogens with zero attached hydrogens (tertiary/aromatic N) is 1. The van der Waals surface area contributed by atoms with Crippen LogP contribution in [0.2, 0.25) is 5.02 Å². The fraction of sp³-hybridized carbons (Fsp3) is 0.364. The van der Waals surface area contributed by atoms with Gasteiger partial charge in [0.1, 0.15) is 11.5 Å². The summed E-state index contributed by atoms with van der Waals surface area (Å²) in [4.78, 5) is 26.5. The molecular formula is C22H25ClN2O4. The maximum Gasteiger partial charge on any atom is 0.260 e. The van der Waals surface area contributed by atoms with Crippen molar-refractivity contribution < 1.29 is 19.1 Å². The number of rotatable bonds is 7. The highest BCUT2D eigenvalue weighted by Gasteiger charge is 2.24. The number of ether oxygens (including phenoxy) is 2. The molecule has 1 aliphatic rings. The quantitative estimate of drug-likeness (QED) is 0.749. The third-order valence-electron chi connectivity index (χ3n) is 4.79. The van der Waals surface area contributed by atoms with E-state index in [0.717, 1.165) is 5.75 Å². The molecule has 0 unspecified atom stereocenters. The molecule has 154 valence electrons. The van der Waals surface area contributed by atoms with E-state index in [1.807, 2.05) is 19.1 Å². The van der Waals surface area contributed by atoms with Gasteiger partial charge in [-0.25, -0.2) is 0 Å². The number of nitrogens with one attached hydrogen (secondary N) is 1. The zero-order valence-electron chi connectivity index (χ0n) is 16.4. The Balaban J connectivity index is 1.40. The van der Waals surface area contributed by atoms with Gasteiger partial charge in [0.25, 0.3) is 11.8 Å². The molecule has 0 atom stereocenters. The number of halogens is 1. The van der Waals surface area contributed by atoms with Crippen LogP contribution in [0, 0.1) is 0 Å². The van der Waals surface area contributed by atoms with Gasteiger partial charge in [0.15, 0.2) is 6.61 Å². The monoisotopic (exact) mass is 416 g/mol. The second kappa shape index (κ2) is 10.2. The van der Waals surface area contributed by atoms with Gasteiger partial charge in [-0.1, -0.05) is 11.6 Å². The fourth-order valence-corrected chi connectivity index (χ4v) is 3.30. The van der Waals surface area contributed by atoms with E-state index in [1.165, 1.54) is 0 Å². The van der Waals surface area contributed by atoms with Crippen LogP contribution in [0.4, 0.5) is 0 Å². The maximum atomic E-state index is 12.4. The van der Waals surface area contributed by atoms with Crippen molar-refractivity contribution in [2.45, 2.75) is 25.8 Å². The lowest BCUT2D eigenvalue weighted by atomic mass is 10.0. The van der Waals surface area contributed by atoms with Crippen molar-refractivity contribution in [3.8, 4) is 11.5 Å². The molecule has 29 heavy (non-hydrogen) atoms. The van der Waals surface area contributed by atoms with Gasteiger partial charge in [-0.15, -0.1) is 0 Å². The first kappa shape index (κ1) is 21.0. The van der Waals surface area contributed by atoms with Crippen LogP contribution >= 0.6 is 11.6 Å². The molecule has 2 amide bonds. The molecule has 3 rings (SSSR count). The highest BCUT2D eigenvalue weighted by Crippen LogP contribution is 2.18. The van der Waals surface area contributed by atoms with E-state index < -0.39 is 0 Å². The van der Waals surface area contributed by atoms with Crippen molar-refractivity contribution in [3.05, 3.63) is 59.1 Å². The molecule has 6 nitrogen and oxygen atoms in total. The zero-order valence-corrected chi connectivity index (χ0v) is 17.2. The number of amides is 2. The predicted molar refractivity (Wildman–Crippen MR) is 112 cm³/mol. The highest BCUT2D eigenvalue weighted by atomic mass is 35.5. The molecule has 0 spiro atoms. The largest absolute Gasteiger partial charge is 0.494 e. The fourth-order valence-electron chi connectivity index (χ4n) is 3.18. The van der Waals surface area contributed by atoms with E-state index in [4.69, 9.17) is 21.1 Å². The molecule has 1 N–H and O–H groups in total. The molecule has 0 aliphatic carbocycles. The van der Waals surface area contributed by atoms with Crippen LogP contribution in [0.1, 0.15) is 30.1 Å². The Labute approximate surface area is 175 Å². The summed E-state index contributed by atoms with van der Waals surface area (Å²) in [5.74, 6) is 1.23. The van der Waals surface area contributed by atoms with Crippen molar-refractivity contribution >= 4 is 23.4 Å². The standard InChI is InChI=1S/C22H25ClN2O4/c1-2-28-19-7-9-20(10-8-19)29-15-21(26)25-13-11-18(12-14-25)24-22(27)16-3-5-17(23)6-4-16/h3-10,18H,2,11-15H2,1H3,(H,24,27). The van der Waals surface area contributed by atoms with Gasteiger partial charge in [0.2, 0.25) is 0 Å². The van der Waals surface area contributed by atoms with Crippen LogP contribution in [-0.2, 0) is 4.79 Å². The van der Waals surface area contributed by atoms with Crippen molar-refractivity contribution in [1.82, 2.24) is 10.2 Å². The van der Waals surface area contributed by atoms with E-state index in [1.54, 1.807) is 41.3 Å². The van der Waals surface area contributed by atoms with Gasteiger partial charge in [-0.05, 0) is 68.3 Å². The molecule has 0 bridgehead atoms. The summed E-state index contributed by atoms with van der Waals surface area (Å²) in [7, 11) is 0. The topological polar surface area (TPSA) is 67.9 Å². The highest BCUT2D eigenvalue weighted by molar-refractivity contribution is 6.30. The van der Waals surface area contributed by atoms with Crippen LogP contribution < -0.4 is 14.8 Å².